The molecule has 0 unspecified atom stereocenters. The number of para-hydroxylation sites is 1. The van der Waals surface area contributed by atoms with Crippen molar-refractivity contribution in [1.82, 2.24) is 0 Å². The van der Waals surface area contributed by atoms with E-state index in [-0.39, 0.29) is 18.1 Å². The summed E-state index contributed by atoms with van der Waals surface area (Å²) in [5.74, 6) is -1.01. The van der Waals surface area contributed by atoms with Crippen molar-refractivity contribution in [2.24, 2.45) is 0 Å². The van der Waals surface area contributed by atoms with Crippen LogP contribution in [0.4, 0.5) is 15.8 Å². The number of hydrogen-bond acceptors (Lipinski definition) is 4. The molecule has 6 heteroatoms. The highest BCUT2D eigenvalue weighted by Gasteiger charge is 2.11. The van der Waals surface area contributed by atoms with E-state index in [4.69, 9.17) is 4.74 Å². The summed E-state index contributed by atoms with van der Waals surface area (Å²) in [4.78, 5) is 23.5. The van der Waals surface area contributed by atoms with Gasteiger partial charge in [-0.1, -0.05) is 12.1 Å². The van der Waals surface area contributed by atoms with Crippen LogP contribution in [-0.2, 0) is 9.53 Å². The number of halogens is 1. The first-order chi connectivity index (χ1) is 11.1. The van der Waals surface area contributed by atoms with Crippen LogP contribution in [0.5, 0.6) is 0 Å². The summed E-state index contributed by atoms with van der Waals surface area (Å²) in [6.07, 6.45) is 0.201. The van der Waals surface area contributed by atoms with E-state index in [0.717, 1.165) is 0 Å². The predicted molar refractivity (Wildman–Crippen MR) is 85.9 cm³/mol. The first-order valence-corrected chi connectivity index (χ1v) is 7.07. The van der Waals surface area contributed by atoms with E-state index in [0.29, 0.717) is 23.5 Å². The van der Waals surface area contributed by atoms with Crippen molar-refractivity contribution in [1.29, 1.82) is 0 Å². The van der Waals surface area contributed by atoms with Gasteiger partial charge in [0.05, 0.1) is 12.7 Å². The maximum atomic E-state index is 12.8. The standard InChI is InChI=1S/C17H17FN2O3/c1-23-17(22)14-4-2-3-5-15(14)19-11-10-16(21)20-13-8-6-12(18)7-9-13/h2-9,19H,10-11H2,1H3,(H,20,21). The van der Waals surface area contributed by atoms with Gasteiger partial charge in [-0.3, -0.25) is 4.79 Å². The molecule has 2 rings (SSSR count). The van der Waals surface area contributed by atoms with Crippen LogP contribution in [0.1, 0.15) is 16.8 Å². The molecule has 0 spiro atoms. The second kappa shape index (κ2) is 7.93. The zero-order valence-corrected chi connectivity index (χ0v) is 12.6. The van der Waals surface area contributed by atoms with Crippen LogP contribution in [0.25, 0.3) is 0 Å². The molecule has 0 radical (unpaired) electrons. The first kappa shape index (κ1) is 16.5. The van der Waals surface area contributed by atoms with Gasteiger partial charge >= 0.3 is 5.97 Å². The Labute approximate surface area is 133 Å². The van der Waals surface area contributed by atoms with Gasteiger partial charge in [-0.05, 0) is 36.4 Å². The normalized spacial score (nSPS) is 10.0. The summed E-state index contributed by atoms with van der Waals surface area (Å²) in [7, 11) is 1.31. The van der Waals surface area contributed by atoms with Gasteiger partial charge in [-0.25, -0.2) is 9.18 Å². The quantitative estimate of drug-likeness (QED) is 0.804. The monoisotopic (exact) mass is 316 g/mol. The fourth-order valence-corrected chi connectivity index (χ4v) is 1.99. The first-order valence-electron chi connectivity index (χ1n) is 7.07. The molecule has 0 aliphatic rings. The maximum Gasteiger partial charge on any atom is 0.339 e. The van der Waals surface area contributed by atoms with E-state index >= 15 is 0 Å². The Kier molecular flexibility index (Phi) is 5.68. The second-order valence-corrected chi connectivity index (χ2v) is 4.77. The average Bonchev–Trinajstić information content (AvgIpc) is 2.57. The Bertz CT molecular complexity index is 686. The van der Waals surface area contributed by atoms with Crippen LogP contribution < -0.4 is 10.6 Å². The van der Waals surface area contributed by atoms with Gasteiger partial charge in [0, 0.05) is 24.3 Å². The molecule has 2 aromatic rings. The number of ether oxygens (including phenoxy) is 1. The lowest BCUT2D eigenvalue weighted by molar-refractivity contribution is -0.115. The summed E-state index contributed by atoms with van der Waals surface area (Å²) in [5, 5.41) is 5.70. The number of amides is 1. The molecule has 0 fully saturated rings. The second-order valence-electron chi connectivity index (χ2n) is 4.77. The van der Waals surface area contributed by atoms with E-state index in [1.807, 2.05) is 0 Å². The van der Waals surface area contributed by atoms with Gasteiger partial charge in [0.15, 0.2) is 0 Å². The summed E-state index contributed by atoms with van der Waals surface area (Å²) in [6.45, 7) is 0.348. The smallest absolute Gasteiger partial charge is 0.339 e. The summed E-state index contributed by atoms with van der Waals surface area (Å²) in [6, 6.07) is 12.4. The topological polar surface area (TPSA) is 67.4 Å². The molecule has 1 amide bonds. The fourth-order valence-electron chi connectivity index (χ4n) is 1.99. The number of rotatable bonds is 6. The van der Waals surface area contributed by atoms with Crippen molar-refractivity contribution >= 4 is 23.3 Å². The highest BCUT2D eigenvalue weighted by atomic mass is 19.1. The van der Waals surface area contributed by atoms with Crippen molar-refractivity contribution < 1.29 is 18.7 Å². The van der Waals surface area contributed by atoms with Gasteiger partial charge in [0.25, 0.3) is 0 Å². The Morgan fingerprint density at radius 1 is 1.09 bits per heavy atom. The van der Waals surface area contributed by atoms with Gasteiger partial charge in [0.1, 0.15) is 5.82 Å². The lowest BCUT2D eigenvalue weighted by Gasteiger charge is -2.10. The number of methoxy groups -OCH3 is 1. The molecule has 0 aliphatic carbocycles. The number of carbonyl (C=O) groups excluding carboxylic acids is 2. The molecule has 120 valence electrons. The van der Waals surface area contributed by atoms with E-state index in [1.54, 1.807) is 24.3 Å². The zero-order chi connectivity index (χ0) is 16.7. The predicted octanol–water partition coefficient (Wildman–Crippen LogP) is 3.05. The van der Waals surface area contributed by atoms with Crippen LogP contribution in [0.15, 0.2) is 48.5 Å². The van der Waals surface area contributed by atoms with Crippen LogP contribution >= 0.6 is 0 Å². The molecular formula is C17H17FN2O3. The van der Waals surface area contributed by atoms with Crippen LogP contribution in [0.2, 0.25) is 0 Å². The zero-order valence-electron chi connectivity index (χ0n) is 12.6. The molecule has 0 bridgehead atoms. The average molecular weight is 316 g/mol. The van der Waals surface area contributed by atoms with Crippen molar-refractivity contribution in [2.75, 3.05) is 24.3 Å². The van der Waals surface area contributed by atoms with Crippen molar-refractivity contribution in [2.45, 2.75) is 6.42 Å². The molecule has 2 N–H and O–H groups in total. The maximum absolute atomic E-state index is 12.8. The largest absolute Gasteiger partial charge is 0.465 e. The highest BCUT2D eigenvalue weighted by molar-refractivity contribution is 5.95. The highest BCUT2D eigenvalue weighted by Crippen LogP contribution is 2.16. The molecule has 0 atom stereocenters. The Balaban J connectivity index is 1.86. The van der Waals surface area contributed by atoms with E-state index in [9.17, 15) is 14.0 Å². The minimum atomic E-state index is -0.441. The van der Waals surface area contributed by atoms with Crippen molar-refractivity contribution in [3.8, 4) is 0 Å². The minimum absolute atomic E-state index is 0.201. The van der Waals surface area contributed by atoms with Gasteiger partial charge in [-0.15, -0.1) is 0 Å². The molecule has 0 aliphatic heterocycles. The van der Waals surface area contributed by atoms with Crippen LogP contribution in [-0.4, -0.2) is 25.5 Å². The Hall–Kier alpha value is -2.89. The van der Waals surface area contributed by atoms with E-state index < -0.39 is 5.97 Å². The third kappa shape index (κ3) is 4.81. The SMILES string of the molecule is COC(=O)c1ccccc1NCCC(=O)Nc1ccc(F)cc1. The summed E-state index contributed by atoms with van der Waals surface area (Å²) in [5.41, 5.74) is 1.55. The minimum Gasteiger partial charge on any atom is -0.465 e. The van der Waals surface area contributed by atoms with Gasteiger partial charge in [-0.2, -0.15) is 0 Å². The summed E-state index contributed by atoms with van der Waals surface area (Å²) >= 11 is 0. The third-order valence-electron chi connectivity index (χ3n) is 3.13. The number of hydrogen-bond donors (Lipinski definition) is 2. The van der Waals surface area contributed by atoms with Crippen molar-refractivity contribution in [3.05, 3.63) is 59.9 Å². The number of carbonyl (C=O) groups is 2. The van der Waals surface area contributed by atoms with Gasteiger partial charge < -0.3 is 15.4 Å². The fraction of sp³-hybridized carbons (Fsp3) is 0.176. The lowest BCUT2D eigenvalue weighted by Crippen LogP contribution is -2.17. The molecule has 5 nitrogen and oxygen atoms in total. The lowest BCUT2D eigenvalue weighted by atomic mass is 10.2. The number of benzene rings is 2. The summed E-state index contributed by atoms with van der Waals surface area (Å²) < 4.78 is 17.5. The molecule has 0 heterocycles. The molecule has 0 aromatic heterocycles. The Morgan fingerprint density at radius 2 is 1.78 bits per heavy atom. The van der Waals surface area contributed by atoms with E-state index in [2.05, 4.69) is 10.6 Å². The van der Waals surface area contributed by atoms with Gasteiger partial charge in [0.2, 0.25) is 5.91 Å². The van der Waals surface area contributed by atoms with Crippen LogP contribution in [0, 0.1) is 5.82 Å². The number of anilines is 2. The van der Waals surface area contributed by atoms with E-state index in [1.165, 1.54) is 31.4 Å². The third-order valence-corrected chi connectivity index (χ3v) is 3.13. The molecular weight excluding hydrogens is 299 g/mol. The van der Waals surface area contributed by atoms with Crippen molar-refractivity contribution in [3.63, 3.8) is 0 Å². The number of esters is 1. The molecule has 23 heavy (non-hydrogen) atoms. The van der Waals surface area contributed by atoms with Crippen LogP contribution in [0.3, 0.4) is 0 Å². The Morgan fingerprint density at radius 3 is 2.48 bits per heavy atom. The molecule has 2 aromatic carbocycles. The number of nitrogens with one attached hydrogen (secondary N) is 2. The molecule has 0 saturated carbocycles. The molecule has 0 saturated heterocycles.